The van der Waals surface area contributed by atoms with Gasteiger partial charge in [-0.1, -0.05) is 37.3 Å². The highest BCUT2D eigenvalue weighted by atomic mass is 16.6. The molecule has 2 rings (SSSR count). The first kappa shape index (κ1) is 27.9. The van der Waals surface area contributed by atoms with Crippen LogP contribution in [0.5, 0.6) is 0 Å². The largest absolute Gasteiger partial charge is 0.460 e. The van der Waals surface area contributed by atoms with Gasteiger partial charge in [0.05, 0.1) is 6.61 Å². The lowest BCUT2D eigenvalue weighted by Crippen LogP contribution is -2.56. The number of alkyl carbamates (subject to hydrolysis) is 1. The topological polar surface area (TPSA) is 114 Å². The highest BCUT2D eigenvalue weighted by Gasteiger charge is 2.31. The average molecular weight is 492 g/mol. The van der Waals surface area contributed by atoms with E-state index < -0.39 is 29.8 Å². The summed E-state index contributed by atoms with van der Waals surface area (Å²) >= 11 is 0. The molecule has 3 amide bonds. The molecule has 0 aliphatic carbocycles. The van der Waals surface area contributed by atoms with Crippen LogP contribution < -0.4 is 5.32 Å². The van der Waals surface area contributed by atoms with Gasteiger partial charge in [-0.05, 0) is 39.2 Å². The van der Waals surface area contributed by atoms with Gasteiger partial charge in [-0.25, -0.2) is 9.59 Å². The van der Waals surface area contributed by atoms with Crippen LogP contribution in [0.25, 0.3) is 0 Å². The van der Waals surface area contributed by atoms with E-state index in [4.69, 9.17) is 14.2 Å². The zero-order valence-corrected chi connectivity index (χ0v) is 21.1. The molecule has 10 nitrogen and oxygen atoms in total. The van der Waals surface area contributed by atoms with Crippen LogP contribution in [0, 0.1) is 0 Å². The van der Waals surface area contributed by atoms with Crippen molar-refractivity contribution in [2.24, 2.45) is 0 Å². The molecule has 1 fully saturated rings. The van der Waals surface area contributed by atoms with Crippen molar-refractivity contribution < 1.29 is 33.4 Å². The van der Waals surface area contributed by atoms with Crippen LogP contribution in [0.2, 0.25) is 0 Å². The number of hydrogen-bond donors (Lipinski definition) is 1. The van der Waals surface area contributed by atoms with Gasteiger partial charge in [0.2, 0.25) is 5.91 Å². The predicted molar refractivity (Wildman–Crippen MR) is 128 cm³/mol. The minimum Gasteiger partial charge on any atom is -0.460 e. The van der Waals surface area contributed by atoms with Gasteiger partial charge in [-0.3, -0.25) is 9.59 Å². The zero-order chi connectivity index (χ0) is 25.8. The molecule has 0 saturated carbocycles. The molecule has 1 heterocycles. The summed E-state index contributed by atoms with van der Waals surface area (Å²) in [5.74, 6) is -0.801. The third-order valence-electron chi connectivity index (χ3n) is 5.14. The first-order valence-corrected chi connectivity index (χ1v) is 12.0. The van der Waals surface area contributed by atoms with Gasteiger partial charge in [0.15, 0.2) is 0 Å². The number of carbonyl (C=O) groups is 4. The van der Waals surface area contributed by atoms with Gasteiger partial charge in [0.1, 0.15) is 18.2 Å². The van der Waals surface area contributed by atoms with E-state index in [1.807, 2.05) is 37.3 Å². The number of nitrogens with one attached hydrogen (secondary N) is 1. The number of esters is 1. The standard InChI is InChI=1S/C25H37N3O7/c1-5-17-33-24(32)28-15-13-27(14-16-28)22(30)20(11-12-21(29)35-25(2,3)4)26-23(31)34-18-19-9-7-6-8-10-19/h6-10,20H,5,11-18H2,1-4H3,(H,26,31)/t20-/m0/s1. The molecule has 0 spiro atoms. The minimum absolute atomic E-state index is 0.0457. The molecule has 1 aliphatic rings. The van der Waals surface area contributed by atoms with E-state index in [2.05, 4.69) is 5.32 Å². The van der Waals surface area contributed by atoms with Crippen molar-refractivity contribution in [2.75, 3.05) is 32.8 Å². The Morgan fingerprint density at radius 2 is 1.60 bits per heavy atom. The van der Waals surface area contributed by atoms with Crippen molar-refractivity contribution in [3.05, 3.63) is 35.9 Å². The summed E-state index contributed by atoms with van der Waals surface area (Å²) in [6.45, 7) is 8.84. The summed E-state index contributed by atoms with van der Waals surface area (Å²) in [4.78, 5) is 53.1. The Hall–Kier alpha value is -3.30. The first-order valence-electron chi connectivity index (χ1n) is 12.0. The van der Waals surface area contributed by atoms with Crippen LogP contribution in [0.1, 0.15) is 52.5 Å². The van der Waals surface area contributed by atoms with Gasteiger partial charge in [0, 0.05) is 32.6 Å². The second kappa shape index (κ2) is 13.6. The number of hydrogen-bond acceptors (Lipinski definition) is 7. The molecule has 10 heteroatoms. The maximum absolute atomic E-state index is 13.2. The number of benzene rings is 1. The van der Waals surface area contributed by atoms with E-state index in [1.54, 1.807) is 30.6 Å². The van der Waals surface area contributed by atoms with Crippen molar-refractivity contribution >= 4 is 24.1 Å². The fraction of sp³-hybridized carbons (Fsp3) is 0.600. The summed E-state index contributed by atoms with van der Waals surface area (Å²) < 4.78 is 15.7. The molecule has 1 saturated heterocycles. The maximum Gasteiger partial charge on any atom is 0.409 e. The van der Waals surface area contributed by atoms with Gasteiger partial charge < -0.3 is 29.3 Å². The fourth-order valence-corrected chi connectivity index (χ4v) is 3.43. The monoisotopic (exact) mass is 491 g/mol. The number of carbonyl (C=O) groups excluding carboxylic acids is 4. The van der Waals surface area contributed by atoms with E-state index in [9.17, 15) is 19.2 Å². The quantitative estimate of drug-likeness (QED) is 0.417. The van der Waals surface area contributed by atoms with E-state index in [0.29, 0.717) is 32.8 Å². The molecule has 1 aliphatic heterocycles. The van der Waals surface area contributed by atoms with Crippen LogP contribution in [0.4, 0.5) is 9.59 Å². The van der Waals surface area contributed by atoms with E-state index in [0.717, 1.165) is 12.0 Å². The second-order valence-corrected chi connectivity index (χ2v) is 9.31. The number of ether oxygens (including phenoxy) is 3. The van der Waals surface area contributed by atoms with Gasteiger partial charge >= 0.3 is 18.2 Å². The van der Waals surface area contributed by atoms with Crippen LogP contribution in [-0.4, -0.2) is 78.3 Å². The van der Waals surface area contributed by atoms with E-state index in [1.165, 1.54) is 0 Å². The average Bonchev–Trinajstić information content (AvgIpc) is 2.83. The van der Waals surface area contributed by atoms with Crippen LogP contribution in [-0.2, 0) is 30.4 Å². The molecule has 35 heavy (non-hydrogen) atoms. The third-order valence-corrected chi connectivity index (χ3v) is 5.14. The molecule has 0 radical (unpaired) electrons. The molecule has 0 unspecified atom stereocenters. The fourth-order valence-electron chi connectivity index (χ4n) is 3.43. The molecule has 1 atom stereocenters. The minimum atomic E-state index is -0.968. The van der Waals surface area contributed by atoms with Crippen LogP contribution in [0.3, 0.4) is 0 Å². The molecule has 1 aromatic rings. The van der Waals surface area contributed by atoms with Crippen molar-refractivity contribution in [3.63, 3.8) is 0 Å². The predicted octanol–water partition coefficient (Wildman–Crippen LogP) is 3.09. The summed E-state index contributed by atoms with van der Waals surface area (Å²) in [5.41, 5.74) is 0.159. The molecule has 1 N–H and O–H groups in total. The van der Waals surface area contributed by atoms with Gasteiger partial charge in [-0.2, -0.15) is 0 Å². The maximum atomic E-state index is 13.2. The van der Waals surface area contributed by atoms with Crippen molar-refractivity contribution in [3.8, 4) is 0 Å². The number of piperazine rings is 1. The zero-order valence-electron chi connectivity index (χ0n) is 21.1. The highest BCUT2D eigenvalue weighted by Crippen LogP contribution is 2.13. The molecule has 1 aromatic carbocycles. The lowest BCUT2D eigenvalue weighted by molar-refractivity contribution is -0.155. The van der Waals surface area contributed by atoms with Gasteiger partial charge in [-0.15, -0.1) is 0 Å². The number of amides is 3. The van der Waals surface area contributed by atoms with Crippen molar-refractivity contribution in [1.82, 2.24) is 15.1 Å². The first-order chi connectivity index (χ1) is 16.6. The lowest BCUT2D eigenvalue weighted by Gasteiger charge is -2.36. The van der Waals surface area contributed by atoms with E-state index in [-0.39, 0.29) is 25.4 Å². The summed E-state index contributed by atoms with van der Waals surface area (Å²) in [6.07, 6.45) is -0.403. The molecule has 0 bridgehead atoms. The molecular weight excluding hydrogens is 454 g/mol. The smallest absolute Gasteiger partial charge is 0.409 e. The Labute approximate surface area is 206 Å². The summed E-state index contributed by atoms with van der Waals surface area (Å²) in [5, 5.41) is 2.60. The summed E-state index contributed by atoms with van der Waals surface area (Å²) in [6, 6.07) is 8.21. The number of nitrogens with zero attached hydrogens (tertiary/aromatic N) is 2. The Morgan fingerprint density at radius 1 is 0.971 bits per heavy atom. The highest BCUT2D eigenvalue weighted by molar-refractivity contribution is 5.86. The lowest BCUT2D eigenvalue weighted by atomic mass is 10.1. The third kappa shape index (κ3) is 10.2. The van der Waals surface area contributed by atoms with Gasteiger partial charge in [0.25, 0.3) is 0 Å². The number of rotatable bonds is 9. The Balaban J connectivity index is 1.96. The Bertz CT molecular complexity index is 846. The summed E-state index contributed by atoms with van der Waals surface area (Å²) in [7, 11) is 0. The Kier molecular flexibility index (Phi) is 10.8. The van der Waals surface area contributed by atoms with Crippen molar-refractivity contribution in [1.29, 1.82) is 0 Å². The van der Waals surface area contributed by atoms with E-state index >= 15 is 0 Å². The molecule has 0 aromatic heterocycles. The normalized spacial score (nSPS) is 14.6. The van der Waals surface area contributed by atoms with Crippen molar-refractivity contribution in [2.45, 2.75) is 65.2 Å². The van der Waals surface area contributed by atoms with Crippen LogP contribution >= 0.6 is 0 Å². The molecule has 194 valence electrons. The van der Waals surface area contributed by atoms with Crippen LogP contribution in [0.15, 0.2) is 30.3 Å². The second-order valence-electron chi connectivity index (χ2n) is 9.31. The Morgan fingerprint density at radius 3 is 2.20 bits per heavy atom. The molecular formula is C25H37N3O7. The SMILES string of the molecule is CCCOC(=O)N1CCN(C(=O)[C@H](CCC(=O)OC(C)(C)C)NC(=O)OCc2ccccc2)CC1.